The van der Waals surface area contributed by atoms with Gasteiger partial charge in [-0.2, -0.15) is 0 Å². The zero-order valence-corrected chi connectivity index (χ0v) is 25.7. The number of carbonyl (C=O) groups is 1. The average molecular weight is 638 g/mol. The molecule has 3 atom stereocenters. The van der Waals surface area contributed by atoms with Crippen LogP contribution in [0.5, 0.6) is 5.75 Å². The Morgan fingerprint density at radius 1 is 0.804 bits per heavy atom. The van der Waals surface area contributed by atoms with E-state index < -0.39 is 19.6 Å². The number of ether oxygens (including phenoxy) is 1. The molecule has 1 saturated heterocycles. The number of benzene rings is 5. The molecule has 5 aromatic carbocycles. The van der Waals surface area contributed by atoms with Crippen LogP contribution in [0.3, 0.4) is 0 Å². The molecule has 0 spiro atoms. The van der Waals surface area contributed by atoms with Crippen molar-refractivity contribution in [2.24, 2.45) is 5.92 Å². The lowest BCUT2D eigenvalue weighted by Crippen LogP contribution is -2.55. The van der Waals surface area contributed by atoms with Crippen molar-refractivity contribution in [2.45, 2.75) is 31.6 Å². The van der Waals surface area contributed by atoms with E-state index in [9.17, 15) is 28.6 Å². The predicted octanol–water partition coefficient (Wildman–Crippen LogP) is 7.09. The lowest BCUT2D eigenvalue weighted by molar-refractivity contribution is -0.131. The topological polar surface area (TPSA) is 107 Å². The summed E-state index contributed by atoms with van der Waals surface area (Å²) in [6.07, 6.45) is -0.146. The first-order valence-corrected chi connectivity index (χ1v) is 16.6. The van der Waals surface area contributed by atoms with E-state index in [1.807, 2.05) is 78.9 Å². The number of para-hydroxylation sites is 1. The van der Waals surface area contributed by atoms with Gasteiger partial charge in [0, 0.05) is 11.3 Å². The lowest BCUT2D eigenvalue weighted by Gasteiger charge is -2.48. The Morgan fingerprint density at radius 2 is 1.43 bits per heavy atom. The van der Waals surface area contributed by atoms with Crippen LogP contribution in [-0.2, 0) is 16.0 Å². The molecule has 1 amide bonds. The fourth-order valence-electron chi connectivity index (χ4n) is 5.92. The second kappa shape index (κ2) is 13.4. The summed E-state index contributed by atoms with van der Waals surface area (Å²) >= 11 is 0. The molecule has 1 aliphatic heterocycles. The molecule has 0 aromatic heterocycles. The maximum atomic E-state index is 13.7. The van der Waals surface area contributed by atoms with Crippen LogP contribution in [0.2, 0.25) is 0 Å². The van der Waals surface area contributed by atoms with Crippen molar-refractivity contribution in [1.82, 2.24) is 0 Å². The van der Waals surface area contributed by atoms with Crippen LogP contribution >= 0.6 is 7.60 Å². The molecule has 0 aliphatic carbocycles. The van der Waals surface area contributed by atoms with Gasteiger partial charge in [0.1, 0.15) is 18.2 Å². The summed E-state index contributed by atoms with van der Waals surface area (Å²) in [5, 5.41) is 10.8. The average Bonchev–Trinajstić information content (AvgIpc) is 3.07. The van der Waals surface area contributed by atoms with Crippen LogP contribution in [0.15, 0.2) is 127 Å². The van der Waals surface area contributed by atoms with Gasteiger partial charge in [0.15, 0.2) is 0 Å². The van der Waals surface area contributed by atoms with Crippen LogP contribution in [0.25, 0.3) is 11.1 Å². The summed E-state index contributed by atoms with van der Waals surface area (Å²) in [5.74, 6) is -0.313. The molecular weight excluding hydrogens is 604 g/mol. The van der Waals surface area contributed by atoms with E-state index in [-0.39, 0.29) is 29.7 Å². The summed E-state index contributed by atoms with van der Waals surface area (Å²) < 4.78 is 31.6. The van der Waals surface area contributed by atoms with Gasteiger partial charge in [-0.3, -0.25) is 9.36 Å². The highest BCUT2D eigenvalue weighted by Crippen LogP contribution is 2.49. The first-order chi connectivity index (χ1) is 22.2. The zero-order chi connectivity index (χ0) is 32.3. The summed E-state index contributed by atoms with van der Waals surface area (Å²) in [5.41, 5.74) is 4.63. The SMILES string of the molecule is O=C1[C@H](CCC(O)c2ccc(F)cc2)[C@H](c2ccc(-c3ccc(P(=O)(O)O)cc3)cc2OCc2ccccc2)N1c1ccccc1. The molecule has 0 bridgehead atoms. The smallest absolute Gasteiger partial charge is 0.356 e. The van der Waals surface area contributed by atoms with Gasteiger partial charge < -0.3 is 24.5 Å². The fraction of sp³-hybridized carbons (Fsp3) is 0.162. The third-order valence-corrected chi connectivity index (χ3v) is 9.33. The van der Waals surface area contributed by atoms with E-state index in [1.165, 1.54) is 24.3 Å². The number of rotatable bonds is 11. The third kappa shape index (κ3) is 6.81. The molecule has 46 heavy (non-hydrogen) atoms. The van der Waals surface area contributed by atoms with Crippen LogP contribution in [0, 0.1) is 11.7 Å². The van der Waals surface area contributed by atoms with Crippen LogP contribution in [-0.4, -0.2) is 20.8 Å². The highest BCUT2D eigenvalue weighted by Gasteiger charge is 2.49. The minimum Gasteiger partial charge on any atom is -0.489 e. The second-order valence-electron chi connectivity index (χ2n) is 11.4. The zero-order valence-electron chi connectivity index (χ0n) is 24.8. The molecule has 1 heterocycles. The van der Waals surface area contributed by atoms with Gasteiger partial charge in [-0.25, -0.2) is 4.39 Å². The second-order valence-corrected chi connectivity index (χ2v) is 13.0. The number of β-lactam (4-membered cyclic amide) rings is 1. The van der Waals surface area contributed by atoms with Crippen molar-refractivity contribution in [3.8, 4) is 16.9 Å². The molecule has 0 saturated carbocycles. The van der Waals surface area contributed by atoms with Crippen molar-refractivity contribution < 1.29 is 33.4 Å². The lowest BCUT2D eigenvalue weighted by atomic mass is 9.77. The Morgan fingerprint density at radius 3 is 2.09 bits per heavy atom. The van der Waals surface area contributed by atoms with Gasteiger partial charge in [-0.1, -0.05) is 84.9 Å². The number of aliphatic hydroxyl groups excluding tert-OH is 1. The Kier molecular flexibility index (Phi) is 9.15. The highest BCUT2D eigenvalue weighted by molar-refractivity contribution is 7.60. The number of nitrogens with zero attached hydrogens (tertiary/aromatic N) is 1. The van der Waals surface area contributed by atoms with Gasteiger partial charge in [-0.05, 0) is 77.6 Å². The van der Waals surface area contributed by atoms with Crippen LogP contribution in [0.1, 0.15) is 41.7 Å². The van der Waals surface area contributed by atoms with E-state index >= 15 is 0 Å². The summed E-state index contributed by atoms with van der Waals surface area (Å²) in [6, 6.07) is 36.4. The molecule has 1 aliphatic rings. The van der Waals surface area contributed by atoms with Crippen molar-refractivity contribution >= 4 is 24.5 Å². The Balaban J connectivity index is 1.36. The number of hydrogen-bond acceptors (Lipinski definition) is 4. The maximum Gasteiger partial charge on any atom is 0.356 e. The van der Waals surface area contributed by atoms with E-state index in [0.29, 0.717) is 24.2 Å². The Bertz CT molecular complexity index is 1850. The summed E-state index contributed by atoms with van der Waals surface area (Å²) in [6.45, 7) is 0.286. The maximum absolute atomic E-state index is 13.7. The standard InChI is InChI=1S/C37H33FNO6P/c38-29-16-11-27(12-17-29)34(40)22-21-33-36(39(37(33)41)30-9-5-2-6-10-30)32-20-15-28(26-13-18-31(19-14-26)46(42,43)44)23-35(32)45-24-25-7-3-1-4-8-25/h1-20,23,33-34,36,40H,21-22,24H2,(H2,42,43,44)/t33-,34?,36+/m1/s1. The van der Waals surface area contributed by atoms with E-state index in [1.54, 1.807) is 29.2 Å². The van der Waals surface area contributed by atoms with Gasteiger partial charge >= 0.3 is 7.60 Å². The number of halogens is 1. The number of carbonyl (C=O) groups excluding carboxylic acids is 1. The molecule has 7 nitrogen and oxygen atoms in total. The number of amides is 1. The molecule has 9 heteroatoms. The quantitative estimate of drug-likeness (QED) is 0.105. The first-order valence-electron chi connectivity index (χ1n) is 15.0. The van der Waals surface area contributed by atoms with Gasteiger partial charge in [0.05, 0.1) is 23.4 Å². The van der Waals surface area contributed by atoms with Gasteiger partial charge in [0.25, 0.3) is 0 Å². The summed E-state index contributed by atoms with van der Waals surface area (Å²) in [7, 11) is -4.38. The highest BCUT2D eigenvalue weighted by atomic mass is 31.2. The summed E-state index contributed by atoms with van der Waals surface area (Å²) in [4.78, 5) is 34.6. The third-order valence-electron chi connectivity index (χ3n) is 8.36. The van der Waals surface area contributed by atoms with Crippen molar-refractivity contribution in [2.75, 3.05) is 4.90 Å². The minimum absolute atomic E-state index is 0.0615. The number of aliphatic hydroxyl groups is 1. The number of hydrogen-bond donors (Lipinski definition) is 3. The molecule has 0 radical (unpaired) electrons. The monoisotopic (exact) mass is 637 g/mol. The van der Waals surface area contributed by atoms with Gasteiger partial charge in [-0.15, -0.1) is 0 Å². The minimum atomic E-state index is -4.38. The first kappa shape index (κ1) is 31.4. The van der Waals surface area contributed by atoms with E-state index in [4.69, 9.17) is 4.74 Å². The Labute approximate surface area is 266 Å². The molecule has 1 fully saturated rings. The van der Waals surface area contributed by atoms with Crippen LogP contribution in [0.4, 0.5) is 10.1 Å². The molecule has 3 N–H and O–H groups in total. The predicted molar refractivity (Wildman–Crippen MR) is 175 cm³/mol. The molecular formula is C37H33FNO6P. The fourth-order valence-corrected chi connectivity index (χ4v) is 6.46. The van der Waals surface area contributed by atoms with E-state index in [0.717, 1.165) is 27.9 Å². The molecule has 6 rings (SSSR count). The van der Waals surface area contributed by atoms with Crippen molar-refractivity contribution in [3.63, 3.8) is 0 Å². The normalized spacial score (nSPS) is 17.0. The van der Waals surface area contributed by atoms with E-state index in [2.05, 4.69) is 0 Å². The Hall–Kier alpha value is -4.59. The molecule has 5 aromatic rings. The molecule has 234 valence electrons. The van der Waals surface area contributed by atoms with Crippen molar-refractivity contribution in [3.05, 3.63) is 150 Å². The number of anilines is 1. The largest absolute Gasteiger partial charge is 0.489 e. The van der Waals surface area contributed by atoms with Crippen LogP contribution < -0.4 is 14.9 Å². The molecule has 1 unspecified atom stereocenters. The van der Waals surface area contributed by atoms with Gasteiger partial charge in [0.2, 0.25) is 5.91 Å². The van der Waals surface area contributed by atoms with Crippen molar-refractivity contribution in [1.29, 1.82) is 0 Å².